The summed E-state index contributed by atoms with van der Waals surface area (Å²) in [6, 6.07) is 7.86. The Balaban J connectivity index is 1.43. The van der Waals surface area contributed by atoms with E-state index in [4.69, 9.17) is 4.74 Å². The summed E-state index contributed by atoms with van der Waals surface area (Å²) in [5.74, 6) is 1.06. The van der Waals surface area contributed by atoms with Gasteiger partial charge in [0, 0.05) is 24.4 Å². The topological polar surface area (TPSA) is 84.4 Å². The summed E-state index contributed by atoms with van der Waals surface area (Å²) >= 11 is 0. The van der Waals surface area contributed by atoms with Crippen LogP contribution in [0.15, 0.2) is 24.3 Å². The summed E-state index contributed by atoms with van der Waals surface area (Å²) in [5.41, 5.74) is 0.550. The molecule has 0 bridgehead atoms. The van der Waals surface area contributed by atoms with Crippen LogP contribution in [0.4, 0.5) is 4.79 Å². The van der Waals surface area contributed by atoms with E-state index in [1.54, 1.807) is 4.90 Å². The molecule has 1 N–H and O–H groups in total. The van der Waals surface area contributed by atoms with Crippen molar-refractivity contribution in [3.8, 4) is 0 Å². The average Bonchev–Trinajstić information content (AvgIpc) is 3.13. The van der Waals surface area contributed by atoms with Crippen molar-refractivity contribution in [3.63, 3.8) is 0 Å². The molecule has 7 heteroatoms. The van der Waals surface area contributed by atoms with E-state index >= 15 is 0 Å². The van der Waals surface area contributed by atoms with Crippen LogP contribution in [-0.4, -0.2) is 45.6 Å². The van der Waals surface area contributed by atoms with Crippen molar-refractivity contribution in [3.05, 3.63) is 35.8 Å². The molecule has 4 rings (SSSR count). The second-order valence-electron chi connectivity index (χ2n) is 9.99. The molecule has 1 aromatic heterocycles. The Morgan fingerprint density at radius 1 is 1.07 bits per heavy atom. The normalized spacial score (nSPS) is 23.3. The number of carbonyl (C=O) groups excluding carboxylic acids is 2. The monoisotopic (exact) mass is 410 g/mol. The quantitative estimate of drug-likeness (QED) is 0.838. The highest BCUT2D eigenvalue weighted by atomic mass is 16.6. The van der Waals surface area contributed by atoms with Crippen LogP contribution in [0.5, 0.6) is 0 Å². The third-order valence-electron chi connectivity index (χ3n) is 5.89. The number of aryl methyl sites for hydroxylation is 1. The molecule has 2 atom stereocenters. The fourth-order valence-corrected chi connectivity index (χ4v) is 4.51. The minimum Gasteiger partial charge on any atom is -0.444 e. The van der Waals surface area contributed by atoms with Crippen LogP contribution in [0, 0.1) is 24.7 Å². The van der Waals surface area contributed by atoms with Crippen LogP contribution in [0.1, 0.15) is 46.1 Å². The molecule has 1 aliphatic heterocycles. The standard InChI is InChI=1S/C23H30N4O3/c1-13-24-17-10-8-7-9-14(17)19(25-13)23(5,6)26-20(28)18-15-11-27(12-16(15)18)21(29)30-22(2,3)4/h7-10,15-16,18H,11-12H2,1-6H3,(H,26,28). The van der Waals surface area contributed by atoms with E-state index in [9.17, 15) is 9.59 Å². The predicted molar refractivity (Wildman–Crippen MR) is 114 cm³/mol. The summed E-state index contributed by atoms with van der Waals surface area (Å²) in [7, 11) is 0. The molecule has 1 saturated heterocycles. The van der Waals surface area contributed by atoms with E-state index in [0.717, 1.165) is 16.6 Å². The second-order valence-corrected chi connectivity index (χ2v) is 9.99. The summed E-state index contributed by atoms with van der Waals surface area (Å²) in [4.78, 5) is 36.2. The zero-order chi connectivity index (χ0) is 21.8. The zero-order valence-electron chi connectivity index (χ0n) is 18.5. The Bertz CT molecular complexity index is 999. The number of benzene rings is 1. The minimum atomic E-state index is -0.633. The van der Waals surface area contributed by atoms with Crippen molar-refractivity contribution in [2.75, 3.05) is 13.1 Å². The third kappa shape index (κ3) is 3.85. The SMILES string of the molecule is Cc1nc(C(C)(C)NC(=O)C2C3CN(C(=O)OC(C)(C)C)CC32)c2ccccc2n1. The molecular formula is C23H30N4O3. The van der Waals surface area contributed by atoms with Gasteiger partial charge in [-0.2, -0.15) is 0 Å². The Kier molecular flexibility index (Phi) is 4.75. The first-order chi connectivity index (χ1) is 14.0. The molecule has 0 radical (unpaired) electrons. The van der Waals surface area contributed by atoms with Crippen LogP contribution in [-0.2, 0) is 15.1 Å². The first-order valence-corrected chi connectivity index (χ1v) is 10.5. The molecule has 7 nitrogen and oxygen atoms in total. The van der Waals surface area contributed by atoms with Crippen molar-refractivity contribution in [1.29, 1.82) is 0 Å². The number of carbonyl (C=O) groups is 2. The Morgan fingerprint density at radius 2 is 1.70 bits per heavy atom. The molecule has 2 aliphatic rings. The van der Waals surface area contributed by atoms with Gasteiger partial charge in [0.05, 0.1) is 16.7 Å². The van der Waals surface area contributed by atoms with Crippen molar-refractivity contribution in [1.82, 2.24) is 20.2 Å². The van der Waals surface area contributed by atoms with Gasteiger partial charge in [-0.05, 0) is 59.4 Å². The molecule has 160 valence electrons. The van der Waals surface area contributed by atoms with Gasteiger partial charge in [0.15, 0.2) is 0 Å². The molecule has 2 aromatic rings. The number of likely N-dealkylation sites (tertiary alicyclic amines) is 1. The first kappa shape index (κ1) is 20.6. The minimum absolute atomic E-state index is 0.0270. The highest BCUT2D eigenvalue weighted by Crippen LogP contribution is 2.52. The molecule has 2 unspecified atom stereocenters. The van der Waals surface area contributed by atoms with Gasteiger partial charge < -0.3 is 15.0 Å². The van der Waals surface area contributed by atoms with Crippen molar-refractivity contribution < 1.29 is 14.3 Å². The first-order valence-electron chi connectivity index (χ1n) is 10.5. The summed E-state index contributed by atoms with van der Waals surface area (Å²) in [6.07, 6.45) is -0.294. The second kappa shape index (κ2) is 6.93. The molecule has 0 spiro atoms. The van der Waals surface area contributed by atoms with Gasteiger partial charge in [-0.1, -0.05) is 18.2 Å². The van der Waals surface area contributed by atoms with Crippen molar-refractivity contribution in [2.45, 2.75) is 52.7 Å². The molecule has 1 saturated carbocycles. The highest BCUT2D eigenvalue weighted by Gasteiger charge is 2.61. The number of fused-ring (bicyclic) bond motifs is 2. The summed E-state index contributed by atoms with van der Waals surface area (Å²) in [5, 5.41) is 4.15. The van der Waals surface area contributed by atoms with Gasteiger partial charge in [0.25, 0.3) is 0 Å². The van der Waals surface area contributed by atoms with Gasteiger partial charge in [-0.3, -0.25) is 4.79 Å². The summed E-state index contributed by atoms with van der Waals surface area (Å²) < 4.78 is 5.45. The van der Waals surface area contributed by atoms with Gasteiger partial charge in [0.1, 0.15) is 11.4 Å². The number of hydrogen-bond acceptors (Lipinski definition) is 5. The van der Waals surface area contributed by atoms with Crippen LogP contribution in [0.3, 0.4) is 0 Å². The average molecular weight is 411 g/mol. The number of rotatable bonds is 3. The zero-order valence-corrected chi connectivity index (χ0v) is 18.5. The van der Waals surface area contributed by atoms with Gasteiger partial charge in [0.2, 0.25) is 5.91 Å². The van der Waals surface area contributed by atoms with E-state index in [1.807, 2.05) is 65.8 Å². The Labute approximate surface area is 177 Å². The van der Waals surface area contributed by atoms with Gasteiger partial charge in [-0.15, -0.1) is 0 Å². The highest BCUT2D eigenvalue weighted by molar-refractivity contribution is 5.86. The molecule has 2 heterocycles. The number of ether oxygens (including phenoxy) is 1. The molecule has 2 fully saturated rings. The number of nitrogens with zero attached hydrogens (tertiary/aromatic N) is 3. The fourth-order valence-electron chi connectivity index (χ4n) is 4.51. The maximum atomic E-state index is 13.0. The van der Waals surface area contributed by atoms with Crippen LogP contribution >= 0.6 is 0 Å². The lowest BCUT2D eigenvalue weighted by molar-refractivity contribution is -0.125. The van der Waals surface area contributed by atoms with E-state index in [1.165, 1.54) is 0 Å². The van der Waals surface area contributed by atoms with E-state index in [-0.39, 0.29) is 29.8 Å². The number of hydrogen-bond donors (Lipinski definition) is 1. The number of piperidine rings is 1. The number of aromatic nitrogens is 2. The molecule has 1 aromatic carbocycles. The Hall–Kier alpha value is -2.70. The van der Waals surface area contributed by atoms with E-state index < -0.39 is 11.1 Å². The maximum Gasteiger partial charge on any atom is 0.410 e. The lowest BCUT2D eigenvalue weighted by Crippen LogP contribution is -2.44. The predicted octanol–water partition coefficient (Wildman–Crippen LogP) is 3.40. The van der Waals surface area contributed by atoms with E-state index in [0.29, 0.717) is 18.9 Å². The Morgan fingerprint density at radius 3 is 2.33 bits per heavy atom. The number of para-hydroxylation sites is 1. The third-order valence-corrected chi connectivity index (χ3v) is 5.89. The van der Waals surface area contributed by atoms with Gasteiger partial charge in [-0.25, -0.2) is 14.8 Å². The fraction of sp³-hybridized carbons (Fsp3) is 0.565. The molecule has 2 amide bonds. The maximum absolute atomic E-state index is 13.0. The van der Waals surface area contributed by atoms with Crippen molar-refractivity contribution >= 4 is 22.9 Å². The molecule has 30 heavy (non-hydrogen) atoms. The molecular weight excluding hydrogens is 380 g/mol. The lowest BCUT2D eigenvalue weighted by Gasteiger charge is -2.29. The number of amides is 2. The van der Waals surface area contributed by atoms with Gasteiger partial charge >= 0.3 is 6.09 Å². The lowest BCUT2D eigenvalue weighted by atomic mass is 9.95. The summed E-state index contributed by atoms with van der Waals surface area (Å²) in [6.45, 7) is 12.6. The van der Waals surface area contributed by atoms with Crippen LogP contribution in [0.25, 0.3) is 10.9 Å². The molecule has 1 aliphatic carbocycles. The number of nitrogens with one attached hydrogen (secondary N) is 1. The largest absolute Gasteiger partial charge is 0.444 e. The van der Waals surface area contributed by atoms with Crippen LogP contribution in [0.2, 0.25) is 0 Å². The van der Waals surface area contributed by atoms with E-state index in [2.05, 4.69) is 15.3 Å². The van der Waals surface area contributed by atoms with Crippen molar-refractivity contribution in [2.24, 2.45) is 17.8 Å². The van der Waals surface area contributed by atoms with Crippen LogP contribution < -0.4 is 5.32 Å². The smallest absolute Gasteiger partial charge is 0.410 e.